The Labute approximate surface area is 112 Å². The zero-order valence-corrected chi connectivity index (χ0v) is 11.1. The summed E-state index contributed by atoms with van der Waals surface area (Å²) in [6.07, 6.45) is 2.72. The Morgan fingerprint density at radius 2 is 2.11 bits per heavy atom. The Morgan fingerprint density at radius 1 is 1.32 bits per heavy atom. The molecule has 2 aromatic rings. The van der Waals surface area contributed by atoms with Crippen LogP contribution in [-0.4, -0.2) is 16.8 Å². The van der Waals surface area contributed by atoms with E-state index in [0.717, 1.165) is 12.2 Å². The standard InChI is InChI=1S/C16H16N2O/c1-11-9-14-5-3-4-6-15(14)18(11)16-10-13(12(2)19)7-8-17-16/h3-8,10-11H,9H2,1-2H3. The van der Waals surface area contributed by atoms with Crippen LogP contribution in [0.2, 0.25) is 0 Å². The first kappa shape index (κ1) is 11.9. The van der Waals surface area contributed by atoms with E-state index in [0.29, 0.717) is 11.6 Å². The van der Waals surface area contributed by atoms with E-state index < -0.39 is 0 Å². The molecule has 3 rings (SSSR count). The maximum absolute atomic E-state index is 11.5. The predicted octanol–water partition coefficient (Wildman–Crippen LogP) is 3.37. The molecule has 3 heteroatoms. The van der Waals surface area contributed by atoms with E-state index >= 15 is 0 Å². The van der Waals surface area contributed by atoms with Crippen molar-refractivity contribution in [3.05, 3.63) is 53.7 Å². The van der Waals surface area contributed by atoms with Gasteiger partial charge in [-0.1, -0.05) is 18.2 Å². The molecule has 0 radical (unpaired) electrons. The van der Waals surface area contributed by atoms with Gasteiger partial charge in [0, 0.05) is 23.5 Å². The molecular weight excluding hydrogens is 236 g/mol. The molecule has 0 amide bonds. The molecule has 0 saturated carbocycles. The molecule has 0 saturated heterocycles. The van der Waals surface area contributed by atoms with Crippen molar-refractivity contribution in [3.63, 3.8) is 0 Å². The number of ketones is 1. The summed E-state index contributed by atoms with van der Waals surface area (Å²) in [6, 6.07) is 12.4. The Kier molecular flexibility index (Phi) is 2.82. The van der Waals surface area contributed by atoms with E-state index in [1.54, 1.807) is 19.2 Å². The highest BCUT2D eigenvalue weighted by Gasteiger charge is 2.27. The smallest absolute Gasteiger partial charge is 0.159 e. The van der Waals surface area contributed by atoms with Crippen LogP contribution in [-0.2, 0) is 6.42 Å². The van der Waals surface area contributed by atoms with Crippen molar-refractivity contribution >= 4 is 17.3 Å². The Hall–Kier alpha value is -2.16. The first-order valence-corrected chi connectivity index (χ1v) is 6.51. The van der Waals surface area contributed by atoms with Crippen LogP contribution in [0.4, 0.5) is 11.5 Å². The molecule has 0 aliphatic carbocycles. The number of Topliss-reactive ketones (excluding diaryl/α,β-unsaturated/α-hetero) is 1. The maximum Gasteiger partial charge on any atom is 0.159 e. The summed E-state index contributed by atoms with van der Waals surface area (Å²) in [5, 5.41) is 0. The monoisotopic (exact) mass is 252 g/mol. The molecule has 0 bridgehead atoms. The van der Waals surface area contributed by atoms with Crippen molar-refractivity contribution < 1.29 is 4.79 Å². The quantitative estimate of drug-likeness (QED) is 0.768. The molecule has 1 aromatic carbocycles. The van der Waals surface area contributed by atoms with Gasteiger partial charge in [-0.05, 0) is 44.0 Å². The summed E-state index contributed by atoms with van der Waals surface area (Å²) in [5.41, 5.74) is 3.25. The molecule has 1 unspecified atom stereocenters. The van der Waals surface area contributed by atoms with Gasteiger partial charge >= 0.3 is 0 Å². The summed E-state index contributed by atoms with van der Waals surface area (Å²) < 4.78 is 0. The van der Waals surface area contributed by atoms with Gasteiger partial charge in [-0.2, -0.15) is 0 Å². The Bertz CT molecular complexity index is 636. The molecular formula is C16H16N2O. The summed E-state index contributed by atoms with van der Waals surface area (Å²) in [4.78, 5) is 18.1. The number of aromatic nitrogens is 1. The van der Waals surface area contributed by atoms with Crippen molar-refractivity contribution in [1.29, 1.82) is 0 Å². The zero-order chi connectivity index (χ0) is 13.4. The highest BCUT2D eigenvalue weighted by molar-refractivity contribution is 5.94. The van der Waals surface area contributed by atoms with E-state index in [4.69, 9.17) is 0 Å². The van der Waals surface area contributed by atoms with Gasteiger partial charge in [0.25, 0.3) is 0 Å². The number of rotatable bonds is 2. The van der Waals surface area contributed by atoms with Crippen molar-refractivity contribution in [2.75, 3.05) is 4.90 Å². The average molecular weight is 252 g/mol. The molecule has 96 valence electrons. The van der Waals surface area contributed by atoms with Crippen molar-refractivity contribution in [2.45, 2.75) is 26.3 Å². The number of fused-ring (bicyclic) bond motifs is 1. The largest absolute Gasteiger partial charge is 0.323 e. The number of hydrogen-bond acceptors (Lipinski definition) is 3. The van der Waals surface area contributed by atoms with Crippen molar-refractivity contribution in [3.8, 4) is 0 Å². The van der Waals surface area contributed by atoms with Gasteiger partial charge in [0.15, 0.2) is 5.78 Å². The van der Waals surface area contributed by atoms with Gasteiger partial charge in [0.2, 0.25) is 0 Å². The van der Waals surface area contributed by atoms with Gasteiger partial charge in [-0.3, -0.25) is 4.79 Å². The second-order valence-electron chi connectivity index (χ2n) is 5.01. The van der Waals surface area contributed by atoms with Crippen molar-refractivity contribution in [2.24, 2.45) is 0 Å². The molecule has 0 N–H and O–H groups in total. The molecule has 2 heterocycles. The van der Waals surface area contributed by atoms with Gasteiger partial charge in [0.05, 0.1) is 0 Å². The number of nitrogens with zero attached hydrogens (tertiary/aromatic N) is 2. The Balaban J connectivity index is 2.07. The number of para-hydroxylation sites is 1. The van der Waals surface area contributed by atoms with E-state index in [1.807, 2.05) is 12.1 Å². The third kappa shape index (κ3) is 2.01. The number of anilines is 2. The fourth-order valence-corrected chi connectivity index (χ4v) is 2.68. The number of carbonyl (C=O) groups excluding carboxylic acids is 1. The normalized spacial score (nSPS) is 17.4. The van der Waals surface area contributed by atoms with Crippen LogP contribution >= 0.6 is 0 Å². The average Bonchev–Trinajstić information content (AvgIpc) is 2.74. The minimum atomic E-state index is 0.0729. The predicted molar refractivity (Wildman–Crippen MR) is 76.0 cm³/mol. The molecule has 1 aromatic heterocycles. The van der Waals surface area contributed by atoms with Gasteiger partial charge in [-0.25, -0.2) is 4.98 Å². The Morgan fingerprint density at radius 3 is 2.89 bits per heavy atom. The number of pyridine rings is 1. The molecule has 0 spiro atoms. The molecule has 1 atom stereocenters. The maximum atomic E-state index is 11.5. The van der Waals surface area contributed by atoms with Gasteiger partial charge in [-0.15, -0.1) is 0 Å². The lowest BCUT2D eigenvalue weighted by atomic mass is 10.1. The highest BCUT2D eigenvalue weighted by atomic mass is 16.1. The van der Waals surface area contributed by atoms with E-state index in [9.17, 15) is 4.79 Å². The molecule has 0 fully saturated rings. The van der Waals surface area contributed by atoms with Gasteiger partial charge in [0.1, 0.15) is 5.82 Å². The molecule has 1 aliphatic heterocycles. The highest BCUT2D eigenvalue weighted by Crippen LogP contribution is 2.37. The summed E-state index contributed by atoms with van der Waals surface area (Å²) in [7, 11) is 0. The van der Waals surface area contributed by atoms with Crippen LogP contribution in [0.5, 0.6) is 0 Å². The first-order valence-electron chi connectivity index (χ1n) is 6.51. The van der Waals surface area contributed by atoms with Crippen LogP contribution in [0.3, 0.4) is 0 Å². The van der Waals surface area contributed by atoms with E-state index in [1.165, 1.54) is 11.3 Å². The fourth-order valence-electron chi connectivity index (χ4n) is 2.68. The molecule has 19 heavy (non-hydrogen) atoms. The van der Waals surface area contributed by atoms with Crippen LogP contribution in [0.15, 0.2) is 42.6 Å². The van der Waals surface area contributed by atoms with E-state index in [-0.39, 0.29) is 5.78 Å². The van der Waals surface area contributed by atoms with Crippen LogP contribution in [0, 0.1) is 0 Å². The van der Waals surface area contributed by atoms with Crippen LogP contribution < -0.4 is 4.90 Å². The first-order chi connectivity index (χ1) is 9.16. The van der Waals surface area contributed by atoms with E-state index in [2.05, 4.69) is 35.0 Å². The fraction of sp³-hybridized carbons (Fsp3) is 0.250. The number of carbonyl (C=O) groups is 1. The SMILES string of the molecule is CC(=O)c1ccnc(N2c3ccccc3CC2C)c1. The van der Waals surface area contributed by atoms with Crippen molar-refractivity contribution in [1.82, 2.24) is 4.98 Å². The molecule has 1 aliphatic rings. The second-order valence-corrected chi connectivity index (χ2v) is 5.01. The summed E-state index contributed by atoms with van der Waals surface area (Å²) in [6.45, 7) is 3.77. The zero-order valence-electron chi connectivity index (χ0n) is 11.1. The topological polar surface area (TPSA) is 33.2 Å². The lowest BCUT2D eigenvalue weighted by Gasteiger charge is -2.24. The number of benzene rings is 1. The minimum absolute atomic E-state index is 0.0729. The molecule has 3 nitrogen and oxygen atoms in total. The lowest BCUT2D eigenvalue weighted by molar-refractivity contribution is 0.101. The third-order valence-corrected chi connectivity index (χ3v) is 3.61. The minimum Gasteiger partial charge on any atom is -0.323 e. The number of hydrogen-bond donors (Lipinski definition) is 0. The summed E-state index contributed by atoms with van der Waals surface area (Å²) >= 11 is 0. The van der Waals surface area contributed by atoms with Gasteiger partial charge < -0.3 is 4.90 Å². The van der Waals surface area contributed by atoms with Crippen LogP contribution in [0.1, 0.15) is 29.8 Å². The van der Waals surface area contributed by atoms with Crippen LogP contribution in [0.25, 0.3) is 0 Å². The lowest BCUT2D eigenvalue weighted by Crippen LogP contribution is -2.24. The third-order valence-electron chi connectivity index (χ3n) is 3.61. The summed E-state index contributed by atoms with van der Waals surface area (Å²) in [5.74, 6) is 0.925. The second kappa shape index (κ2) is 4.50.